The summed E-state index contributed by atoms with van der Waals surface area (Å²) in [6.07, 6.45) is 2.46. The molecule has 0 saturated carbocycles. The molecular formula is C13H11NO5. The van der Waals surface area contributed by atoms with Crippen LogP contribution < -0.4 is 0 Å². The molecular weight excluding hydrogens is 250 g/mol. The molecule has 0 saturated heterocycles. The largest absolute Gasteiger partial charge is 0.478 e. The third-order valence-electron chi connectivity index (χ3n) is 2.40. The minimum absolute atomic E-state index is 0.0362. The Balaban J connectivity index is 2.28. The number of methoxy groups -OCH3 is 1. The van der Waals surface area contributed by atoms with Crippen LogP contribution in [-0.4, -0.2) is 29.1 Å². The summed E-state index contributed by atoms with van der Waals surface area (Å²) in [6, 6.07) is 5.05. The molecule has 0 aliphatic carbocycles. The Morgan fingerprint density at radius 2 is 2.26 bits per heavy atom. The lowest BCUT2D eigenvalue weighted by atomic mass is 10.2. The lowest BCUT2D eigenvalue weighted by Crippen LogP contribution is -2.04. The van der Waals surface area contributed by atoms with Crippen LogP contribution in [0.4, 0.5) is 0 Å². The van der Waals surface area contributed by atoms with Crippen molar-refractivity contribution in [3.63, 3.8) is 0 Å². The standard InChI is InChI=1S/C13H11NO5/c1-18-13(17)7-11-14-9-6-8(3-5-12(15)16)2-4-10(9)19-11/h2-6H,7H2,1H3,(H,15,16)/b5-3+. The van der Waals surface area contributed by atoms with E-state index in [1.165, 1.54) is 13.2 Å². The number of carboxylic acids is 1. The van der Waals surface area contributed by atoms with Crippen molar-refractivity contribution in [2.45, 2.75) is 6.42 Å². The second kappa shape index (κ2) is 5.34. The third kappa shape index (κ3) is 3.19. The van der Waals surface area contributed by atoms with Crippen LogP contribution in [0.3, 0.4) is 0 Å². The van der Waals surface area contributed by atoms with Crippen LogP contribution >= 0.6 is 0 Å². The van der Waals surface area contributed by atoms with E-state index in [-0.39, 0.29) is 12.3 Å². The van der Waals surface area contributed by atoms with Crippen LogP contribution in [-0.2, 0) is 20.7 Å². The van der Waals surface area contributed by atoms with E-state index < -0.39 is 11.9 Å². The third-order valence-corrected chi connectivity index (χ3v) is 2.40. The molecule has 0 atom stereocenters. The van der Waals surface area contributed by atoms with Gasteiger partial charge in [-0.3, -0.25) is 4.79 Å². The first kappa shape index (κ1) is 12.8. The molecule has 6 nitrogen and oxygen atoms in total. The van der Waals surface area contributed by atoms with Crippen molar-refractivity contribution < 1.29 is 23.8 Å². The number of carboxylic acid groups (broad SMARTS) is 1. The first-order chi connectivity index (χ1) is 9.08. The number of rotatable bonds is 4. The monoisotopic (exact) mass is 261 g/mol. The Morgan fingerprint density at radius 3 is 2.95 bits per heavy atom. The summed E-state index contributed by atoms with van der Waals surface area (Å²) in [5.74, 6) is -1.19. The molecule has 1 N–H and O–H groups in total. The van der Waals surface area contributed by atoms with Gasteiger partial charge in [-0.1, -0.05) is 6.07 Å². The van der Waals surface area contributed by atoms with Gasteiger partial charge in [0.05, 0.1) is 7.11 Å². The quantitative estimate of drug-likeness (QED) is 0.664. The van der Waals surface area contributed by atoms with Crippen LogP contribution in [0.1, 0.15) is 11.5 Å². The van der Waals surface area contributed by atoms with Gasteiger partial charge < -0.3 is 14.3 Å². The zero-order valence-electron chi connectivity index (χ0n) is 10.1. The highest BCUT2D eigenvalue weighted by Gasteiger charge is 2.10. The van der Waals surface area contributed by atoms with E-state index in [1.54, 1.807) is 18.2 Å². The second-order valence-corrected chi connectivity index (χ2v) is 3.76. The van der Waals surface area contributed by atoms with Crippen LogP contribution in [0.5, 0.6) is 0 Å². The second-order valence-electron chi connectivity index (χ2n) is 3.76. The summed E-state index contributed by atoms with van der Waals surface area (Å²) in [6.45, 7) is 0. The van der Waals surface area contributed by atoms with Gasteiger partial charge in [0.25, 0.3) is 0 Å². The van der Waals surface area contributed by atoms with Gasteiger partial charge in [0, 0.05) is 6.08 Å². The van der Waals surface area contributed by atoms with Crippen molar-refractivity contribution in [2.24, 2.45) is 0 Å². The normalized spacial score (nSPS) is 11.0. The van der Waals surface area contributed by atoms with Crippen molar-refractivity contribution in [3.05, 3.63) is 35.7 Å². The molecule has 6 heteroatoms. The van der Waals surface area contributed by atoms with Crippen molar-refractivity contribution in [1.82, 2.24) is 4.98 Å². The molecule has 2 aromatic rings. The molecule has 0 amide bonds. The van der Waals surface area contributed by atoms with Gasteiger partial charge in [-0.2, -0.15) is 0 Å². The molecule has 0 fully saturated rings. The molecule has 98 valence electrons. The fourth-order valence-electron chi connectivity index (χ4n) is 1.53. The predicted octanol–water partition coefficient (Wildman–Crippen LogP) is 1.64. The van der Waals surface area contributed by atoms with Crippen molar-refractivity contribution in [1.29, 1.82) is 0 Å². The zero-order chi connectivity index (χ0) is 13.8. The van der Waals surface area contributed by atoms with Gasteiger partial charge in [0.2, 0.25) is 5.89 Å². The van der Waals surface area contributed by atoms with E-state index >= 15 is 0 Å². The summed E-state index contributed by atoms with van der Waals surface area (Å²) in [7, 11) is 1.29. The number of hydrogen-bond donors (Lipinski definition) is 1. The number of oxazole rings is 1. The molecule has 0 bridgehead atoms. The number of carbonyl (C=O) groups is 2. The fourth-order valence-corrected chi connectivity index (χ4v) is 1.53. The molecule has 2 rings (SSSR count). The van der Waals surface area contributed by atoms with Crippen molar-refractivity contribution in [2.75, 3.05) is 7.11 Å². The van der Waals surface area contributed by atoms with E-state index in [2.05, 4.69) is 9.72 Å². The predicted molar refractivity (Wildman–Crippen MR) is 66.4 cm³/mol. The van der Waals surface area contributed by atoms with Crippen LogP contribution in [0, 0.1) is 0 Å². The summed E-state index contributed by atoms with van der Waals surface area (Å²) in [5.41, 5.74) is 1.78. The number of aliphatic carboxylic acids is 1. The molecule has 0 radical (unpaired) electrons. The van der Waals surface area contributed by atoms with Crippen molar-refractivity contribution >= 4 is 29.1 Å². The molecule has 0 unspecified atom stereocenters. The van der Waals surface area contributed by atoms with Crippen LogP contribution in [0.15, 0.2) is 28.7 Å². The highest BCUT2D eigenvalue weighted by molar-refractivity contribution is 5.86. The SMILES string of the molecule is COC(=O)Cc1nc2cc(/C=C/C(=O)O)ccc2o1. The van der Waals surface area contributed by atoms with Crippen LogP contribution in [0.25, 0.3) is 17.2 Å². The maximum atomic E-state index is 11.1. The molecule has 0 aliphatic heterocycles. The van der Waals surface area contributed by atoms with Gasteiger partial charge in [0.15, 0.2) is 5.58 Å². The summed E-state index contributed by atoms with van der Waals surface area (Å²) >= 11 is 0. The van der Waals surface area contributed by atoms with E-state index in [0.717, 1.165) is 6.08 Å². The number of hydrogen-bond acceptors (Lipinski definition) is 5. The molecule has 1 aromatic carbocycles. The van der Waals surface area contributed by atoms with E-state index in [4.69, 9.17) is 9.52 Å². The molecule has 0 aliphatic rings. The number of benzene rings is 1. The van der Waals surface area contributed by atoms with Gasteiger partial charge in [-0.05, 0) is 23.8 Å². The number of aromatic nitrogens is 1. The maximum Gasteiger partial charge on any atom is 0.328 e. The molecule has 19 heavy (non-hydrogen) atoms. The zero-order valence-corrected chi connectivity index (χ0v) is 10.1. The topological polar surface area (TPSA) is 89.6 Å². The molecule has 0 spiro atoms. The Kier molecular flexibility index (Phi) is 3.61. The van der Waals surface area contributed by atoms with Gasteiger partial charge in [-0.25, -0.2) is 9.78 Å². The summed E-state index contributed by atoms with van der Waals surface area (Å²) in [5, 5.41) is 8.55. The number of esters is 1. The smallest absolute Gasteiger partial charge is 0.328 e. The van der Waals surface area contributed by atoms with E-state index in [0.29, 0.717) is 16.7 Å². The van der Waals surface area contributed by atoms with E-state index in [1.807, 2.05) is 0 Å². The van der Waals surface area contributed by atoms with E-state index in [9.17, 15) is 9.59 Å². The summed E-state index contributed by atoms with van der Waals surface area (Å²) in [4.78, 5) is 25.7. The lowest BCUT2D eigenvalue weighted by molar-refractivity contribution is -0.140. The van der Waals surface area contributed by atoms with Gasteiger partial charge >= 0.3 is 11.9 Å². The summed E-state index contributed by atoms with van der Waals surface area (Å²) < 4.78 is 9.89. The number of ether oxygens (including phenoxy) is 1. The number of carbonyl (C=O) groups excluding carboxylic acids is 1. The Labute approximate surface area is 108 Å². The average Bonchev–Trinajstić information content (AvgIpc) is 2.77. The number of fused-ring (bicyclic) bond motifs is 1. The first-order valence-corrected chi connectivity index (χ1v) is 5.46. The van der Waals surface area contributed by atoms with Gasteiger partial charge in [-0.15, -0.1) is 0 Å². The minimum atomic E-state index is -1.02. The van der Waals surface area contributed by atoms with Crippen LogP contribution in [0.2, 0.25) is 0 Å². The average molecular weight is 261 g/mol. The number of nitrogens with zero attached hydrogens (tertiary/aromatic N) is 1. The first-order valence-electron chi connectivity index (χ1n) is 5.46. The highest BCUT2D eigenvalue weighted by atomic mass is 16.5. The minimum Gasteiger partial charge on any atom is -0.478 e. The van der Waals surface area contributed by atoms with Crippen molar-refractivity contribution in [3.8, 4) is 0 Å². The fraction of sp³-hybridized carbons (Fsp3) is 0.154. The Bertz CT molecular complexity index is 656. The lowest BCUT2D eigenvalue weighted by Gasteiger charge is -1.92. The highest BCUT2D eigenvalue weighted by Crippen LogP contribution is 2.18. The molecule has 1 aromatic heterocycles. The Hall–Kier alpha value is -2.63. The van der Waals surface area contributed by atoms with Gasteiger partial charge in [0.1, 0.15) is 11.9 Å². The Morgan fingerprint density at radius 1 is 1.47 bits per heavy atom. The maximum absolute atomic E-state index is 11.1. The molecule has 1 heterocycles.